The summed E-state index contributed by atoms with van der Waals surface area (Å²) in [5.74, 6) is 0.420. The minimum Gasteiger partial charge on any atom is -0.493 e. The maximum Gasteiger partial charge on any atom is 0.268 e. The number of amides is 1. The third-order valence-corrected chi connectivity index (χ3v) is 6.78. The Morgan fingerprint density at radius 1 is 1.31 bits per heavy atom. The van der Waals surface area contributed by atoms with Gasteiger partial charge in [-0.15, -0.1) is 0 Å². The maximum absolute atomic E-state index is 12.8. The van der Waals surface area contributed by atoms with Gasteiger partial charge in [-0.05, 0) is 31.0 Å². The van der Waals surface area contributed by atoms with Crippen LogP contribution in [0.4, 0.5) is 0 Å². The Morgan fingerprint density at radius 3 is 2.66 bits per heavy atom. The van der Waals surface area contributed by atoms with Gasteiger partial charge in [0.2, 0.25) is 0 Å². The van der Waals surface area contributed by atoms with Crippen molar-refractivity contribution in [3.63, 3.8) is 0 Å². The van der Waals surface area contributed by atoms with Gasteiger partial charge in [0.05, 0.1) is 31.1 Å². The van der Waals surface area contributed by atoms with Gasteiger partial charge in [0.1, 0.15) is 18.0 Å². The molecule has 1 aromatic carbocycles. The Labute approximate surface area is 177 Å². The number of rotatable bonds is 7. The molecule has 0 spiro atoms. The summed E-state index contributed by atoms with van der Waals surface area (Å²) in [4.78, 5) is 14.8. The van der Waals surface area contributed by atoms with Crippen molar-refractivity contribution < 1.29 is 22.4 Å². The summed E-state index contributed by atoms with van der Waals surface area (Å²) in [6, 6.07) is 4.14. The van der Waals surface area contributed by atoms with E-state index in [1.54, 1.807) is 6.07 Å². The zero-order valence-electron chi connectivity index (χ0n) is 17.4. The van der Waals surface area contributed by atoms with Crippen molar-refractivity contribution in [2.75, 3.05) is 40.5 Å². The van der Waals surface area contributed by atoms with Crippen LogP contribution in [0.5, 0.6) is 5.75 Å². The van der Waals surface area contributed by atoms with Gasteiger partial charge in [-0.25, -0.2) is 8.42 Å². The molecule has 1 aromatic rings. The first-order valence-electron chi connectivity index (χ1n) is 9.89. The molecule has 0 saturated carbocycles. The first-order chi connectivity index (χ1) is 13.6. The Kier molecular flexibility index (Phi) is 6.17. The molecule has 2 atom stereocenters. The Bertz CT molecular complexity index is 947. The highest BCUT2D eigenvalue weighted by atomic mass is 35.7. The molecule has 29 heavy (non-hydrogen) atoms. The summed E-state index contributed by atoms with van der Waals surface area (Å²) in [6.45, 7) is 7.09. The van der Waals surface area contributed by atoms with E-state index >= 15 is 0 Å². The van der Waals surface area contributed by atoms with Crippen LogP contribution in [0.1, 0.15) is 38.3 Å². The van der Waals surface area contributed by atoms with Gasteiger partial charge in [-0.1, -0.05) is 13.8 Å². The quantitative estimate of drug-likeness (QED) is 0.519. The summed E-state index contributed by atoms with van der Waals surface area (Å²) in [5, 5.41) is 3.04. The molecule has 0 aliphatic carbocycles. The molecule has 3 rings (SSSR count). The lowest BCUT2D eigenvalue weighted by Gasteiger charge is -2.42. The van der Waals surface area contributed by atoms with Crippen molar-refractivity contribution in [1.29, 1.82) is 0 Å². The predicted molar refractivity (Wildman–Crippen MR) is 112 cm³/mol. The number of carbonyl (C=O) groups excluding carboxylic acids is 1. The zero-order valence-corrected chi connectivity index (χ0v) is 18.9. The molecule has 0 fully saturated rings. The normalized spacial score (nSPS) is 24.5. The average Bonchev–Trinajstić information content (AvgIpc) is 2.95. The van der Waals surface area contributed by atoms with Crippen molar-refractivity contribution in [2.45, 2.75) is 37.6 Å². The first kappa shape index (κ1) is 21.9. The lowest BCUT2D eigenvalue weighted by Crippen LogP contribution is -2.55. The molecular formula is C20H29ClN3O4S+. The van der Waals surface area contributed by atoms with E-state index in [1.165, 1.54) is 12.1 Å². The molecule has 2 aliphatic rings. The van der Waals surface area contributed by atoms with Crippen LogP contribution in [0.15, 0.2) is 34.4 Å². The van der Waals surface area contributed by atoms with Gasteiger partial charge in [0.25, 0.3) is 15.0 Å². The third kappa shape index (κ3) is 4.39. The van der Waals surface area contributed by atoms with E-state index in [-0.39, 0.29) is 10.8 Å². The second kappa shape index (κ2) is 8.16. The van der Waals surface area contributed by atoms with Gasteiger partial charge in [-0.3, -0.25) is 4.79 Å². The molecule has 7 nitrogen and oxygen atoms in total. The number of quaternary nitrogens is 1. The van der Waals surface area contributed by atoms with E-state index < -0.39 is 15.1 Å². The lowest BCUT2D eigenvalue weighted by molar-refractivity contribution is -0.916. The summed E-state index contributed by atoms with van der Waals surface area (Å²) in [5.41, 5.74) is 2.25. The maximum atomic E-state index is 12.8. The topological polar surface area (TPSA) is 75.7 Å². The summed E-state index contributed by atoms with van der Waals surface area (Å²) >= 11 is 0. The molecule has 0 radical (unpaired) electrons. The third-order valence-electron chi connectivity index (χ3n) is 5.43. The molecule has 0 aromatic heterocycles. The lowest BCUT2D eigenvalue weighted by atomic mass is 9.96. The van der Waals surface area contributed by atoms with Crippen LogP contribution in [0.25, 0.3) is 0 Å². The van der Waals surface area contributed by atoms with Crippen LogP contribution in [0.2, 0.25) is 0 Å². The second-order valence-electron chi connectivity index (χ2n) is 8.11. The van der Waals surface area contributed by atoms with Crippen LogP contribution in [-0.4, -0.2) is 64.2 Å². The number of ether oxygens (including phenoxy) is 1. The molecule has 2 aliphatic heterocycles. The summed E-state index contributed by atoms with van der Waals surface area (Å²) in [6.07, 6.45) is 1.85. The van der Waals surface area contributed by atoms with Crippen molar-refractivity contribution in [3.05, 3.63) is 35.0 Å². The standard InChI is InChI=1S/C20H28ClN3O4S/c1-5-9-24(4)12-16-18(22-20(25)19(16)23(3)13-24)15-11-14(29(21,26)27)7-8-17(15)28-10-6-2/h7-8,11,18H,5-6,9-10,12-13H2,1-4H3/p+1. The highest BCUT2D eigenvalue weighted by molar-refractivity contribution is 8.13. The van der Waals surface area contributed by atoms with Gasteiger partial charge in [0, 0.05) is 28.9 Å². The average molecular weight is 443 g/mol. The largest absolute Gasteiger partial charge is 0.493 e. The summed E-state index contributed by atoms with van der Waals surface area (Å²) in [7, 11) is 5.79. The molecule has 160 valence electrons. The highest BCUT2D eigenvalue weighted by Crippen LogP contribution is 2.41. The molecule has 1 amide bonds. The number of benzene rings is 1. The van der Waals surface area contributed by atoms with Gasteiger partial charge in [0.15, 0.2) is 6.67 Å². The molecule has 9 heteroatoms. The Hall–Kier alpha value is -1.77. The van der Waals surface area contributed by atoms with E-state index in [2.05, 4.69) is 19.3 Å². The van der Waals surface area contributed by atoms with Gasteiger partial charge >= 0.3 is 0 Å². The zero-order chi connectivity index (χ0) is 21.4. The fourth-order valence-corrected chi connectivity index (χ4v) is 5.19. The molecule has 2 unspecified atom stereocenters. The van der Waals surface area contributed by atoms with Crippen LogP contribution in [-0.2, 0) is 13.8 Å². The van der Waals surface area contributed by atoms with E-state index in [0.29, 0.717) is 30.2 Å². The molecular weight excluding hydrogens is 414 g/mol. The number of halogens is 1. The first-order valence-corrected chi connectivity index (χ1v) is 12.2. The second-order valence-corrected chi connectivity index (χ2v) is 10.7. The van der Waals surface area contributed by atoms with E-state index in [0.717, 1.165) is 36.1 Å². The number of nitrogens with zero attached hydrogens (tertiary/aromatic N) is 2. The summed E-state index contributed by atoms with van der Waals surface area (Å²) < 4.78 is 30.5. The number of hydrogen-bond acceptors (Lipinski definition) is 5. The van der Waals surface area contributed by atoms with E-state index in [9.17, 15) is 13.2 Å². The predicted octanol–water partition coefficient (Wildman–Crippen LogP) is 2.59. The SMILES string of the molecule is CCCOc1ccc(S(=O)(=O)Cl)cc1C1NC(=O)C2=C1C[N+](C)(CCC)CN2C. The highest BCUT2D eigenvalue weighted by Gasteiger charge is 2.44. The van der Waals surface area contributed by atoms with Crippen molar-refractivity contribution in [1.82, 2.24) is 10.2 Å². The fraction of sp³-hybridized carbons (Fsp3) is 0.550. The van der Waals surface area contributed by atoms with Crippen LogP contribution < -0.4 is 10.1 Å². The minimum absolute atomic E-state index is 0.00344. The molecule has 0 saturated heterocycles. The number of nitrogens with one attached hydrogen (secondary N) is 1. The number of hydrogen-bond donors (Lipinski definition) is 1. The Morgan fingerprint density at radius 2 is 2.03 bits per heavy atom. The molecule has 0 bridgehead atoms. The number of likely N-dealkylation sites (N-methyl/N-ethyl adjacent to an activating group) is 2. The monoisotopic (exact) mass is 442 g/mol. The van der Waals surface area contributed by atoms with E-state index in [4.69, 9.17) is 15.4 Å². The fourth-order valence-electron chi connectivity index (χ4n) is 4.40. The van der Waals surface area contributed by atoms with Gasteiger partial charge < -0.3 is 19.4 Å². The van der Waals surface area contributed by atoms with Crippen molar-refractivity contribution in [3.8, 4) is 5.75 Å². The number of carbonyl (C=O) groups is 1. The minimum atomic E-state index is -3.90. The molecule has 2 heterocycles. The van der Waals surface area contributed by atoms with E-state index in [1.807, 2.05) is 18.9 Å². The Balaban J connectivity index is 2.10. The van der Waals surface area contributed by atoms with Crippen molar-refractivity contribution in [2.24, 2.45) is 0 Å². The van der Waals surface area contributed by atoms with Crippen LogP contribution >= 0.6 is 10.7 Å². The van der Waals surface area contributed by atoms with Crippen molar-refractivity contribution >= 4 is 25.6 Å². The van der Waals surface area contributed by atoms with Gasteiger partial charge in [-0.2, -0.15) is 0 Å². The smallest absolute Gasteiger partial charge is 0.268 e. The van der Waals surface area contributed by atoms with Crippen LogP contribution in [0.3, 0.4) is 0 Å². The molecule has 1 N–H and O–H groups in total. The van der Waals surface area contributed by atoms with Crippen LogP contribution in [0, 0.1) is 0 Å².